The molecular formula is C12H23N5. The second kappa shape index (κ2) is 6.39. The van der Waals surface area contributed by atoms with Crippen molar-refractivity contribution in [1.29, 1.82) is 5.41 Å². The fourth-order valence-electron chi connectivity index (χ4n) is 1.86. The number of nitrogens with one attached hydrogen (secondary N) is 1. The zero-order chi connectivity index (χ0) is 12.8. The third-order valence-corrected chi connectivity index (χ3v) is 2.82. The van der Waals surface area contributed by atoms with Gasteiger partial charge in [-0.25, -0.2) is 0 Å². The lowest BCUT2D eigenvalue weighted by Gasteiger charge is -2.20. The molecule has 1 heterocycles. The van der Waals surface area contributed by atoms with Gasteiger partial charge in [-0.3, -0.25) is 15.0 Å². The lowest BCUT2D eigenvalue weighted by atomic mass is 10.3. The molecule has 0 aromatic carbocycles. The van der Waals surface area contributed by atoms with Crippen molar-refractivity contribution in [3.05, 3.63) is 17.5 Å². The van der Waals surface area contributed by atoms with E-state index < -0.39 is 0 Å². The van der Waals surface area contributed by atoms with Gasteiger partial charge < -0.3 is 5.73 Å². The number of nitrogens with two attached hydrogens (primary N) is 1. The van der Waals surface area contributed by atoms with Gasteiger partial charge in [0, 0.05) is 26.1 Å². The van der Waals surface area contributed by atoms with Gasteiger partial charge in [0.25, 0.3) is 0 Å². The maximum absolute atomic E-state index is 7.26. The molecule has 0 amide bonds. The number of aryl methyl sites for hydroxylation is 2. The van der Waals surface area contributed by atoms with Crippen LogP contribution in [0.5, 0.6) is 0 Å². The van der Waals surface area contributed by atoms with Gasteiger partial charge in [-0.2, -0.15) is 5.10 Å². The van der Waals surface area contributed by atoms with Crippen molar-refractivity contribution in [2.75, 3.05) is 13.1 Å². The van der Waals surface area contributed by atoms with Crippen molar-refractivity contribution in [2.24, 2.45) is 5.73 Å². The van der Waals surface area contributed by atoms with Crippen LogP contribution in [0, 0.1) is 12.3 Å². The molecule has 0 bridgehead atoms. The van der Waals surface area contributed by atoms with E-state index in [1.165, 1.54) is 5.69 Å². The number of hydrogen-bond donors (Lipinski definition) is 2. The second-order valence-electron chi connectivity index (χ2n) is 4.24. The van der Waals surface area contributed by atoms with Crippen molar-refractivity contribution in [3.8, 4) is 0 Å². The quantitative estimate of drug-likeness (QED) is 0.555. The highest BCUT2D eigenvalue weighted by atomic mass is 15.3. The number of aromatic nitrogens is 2. The van der Waals surface area contributed by atoms with Crippen LogP contribution < -0.4 is 5.73 Å². The van der Waals surface area contributed by atoms with E-state index in [4.69, 9.17) is 11.1 Å². The summed E-state index contributed by atoms with van der Waals surface area (Å²) in [5, 5.41) is 11.7. The first-order chi connectivity index (χ1) is 8.06. The van der Waals surface area contributed by atoms with Crippen LogP contribution in [-0.2, 0) is 13.1 Å². The summed E-state index contributed by atoms with van der Waals surface area (Å²) in [6, 6.07) is 2.12. The monoisotopic (exact) mass is 237 g/mol. The maximum Gasteiger partial charge on any atom is 0.0918 e. The van der Waals surface area contributed by atoms with Crippen LogP contribution in [0.1, 0.15) is 31.7 Å². The van der Waals surface area contributed by atoms with Gasteiger partial charge in [0.1, 0.15) is 0 Å². The first-order valence-electron chi connectivity index (χ1n) is 6.15. The number of hydrogen-bond acceptors (Lipinski definition) is 3. The van der Waals surface area contributed by atoms with Crippen LogP contribution in [-0.4, -0.2) is 33.6 Å². The standard InChI is InChI=1S/C12H23N5/c1-4-16(7-6-12(13)14)9-11-8-10(3)15-17(11)5-2/h8H,4-7,9H2,1-3H3,(H3,13,14). The normalized spacial score (nSPS) is 11.1. The summed E-state index contributed by atoms with van der Waals surface area (Å²) in [6.07, 6.45) is 0.632. The Hall–Kier alpha value is -1.36. The first-order valence-corrected chi connectivity index (χ1v) is 6.15. The minimum Gasteiger partial charge on any atom is -0.388 e. The molecule has 0 aliphatic heterocycles. The second-order valence-corrected chi connectivity index (χ2v) is 4.24. The first kappa shape index (κ1) is 13.7. The highest BCUT2D eigenvalue weighted by Crippen LogP contribution is 2.08. The Bertz CT molecular complexity index is 369. The average molecular weight is 237 g/mol. The van der Waals surface area contributed by atoms with Crippen LogP contribution in [0.25, 0.3) is 0 Å². The van der Waals surface area contributed by atoms with E-state index in [0.717, 1.165) is 31.9 Å². The lowest BCUT2D eigenvalue weighted by molar-refractivity contribution is 0.278. The number of nitrogens with zero attached hydrogens (tertiary/aromatic N) is 3. The van der Waals surface area contributed by atoms with Gasteiger partial charge in [-0.05, 0) is 26.5 Å². The molecule has 0 saturated carbocycles. The van der Waals surface area contributed by atoms with E-state index in [2.05, 4.69) is 29.9 Å². The Kier molecular flexibility index (Phi) is 5.15. The van der Waals surface area contributed by atoms with Crippen LogP contribution in [0.4, 0.5) is 0 Å². The Balaban J connectivity index is 2.62. The molecule has 0 aliphatic rings. The summed E-state index contributed by atoms with van der Waals surface area (Å²) in [6.45, 7) is 9.80. The Morgan fingerprint density at radius 3 is 2.76 bits per heavy atom. The van der Waals surface area contributed by atoms with Crippen molar-refractivity contribution in [2.45, 2.75) is 40.3 Å². The molecule has 96 valence electrons. The van der Waals surface area contributed by atoms with Crippen LogP contribution in [0.15, 0.2) is 6.07 Å². The van der Waals surface area contributed by atoms with E-state index in [-0.39, 0.29) is 5.84 Å². The van der Waals surface area contributed by atoms with E-state index in [1.807, 2.05) is 11.6 Å². The Labute approximate surface area is 103 Å². The molecule has 0 aliphatic carbocycles. The molecule has 1 aromatic rings. The molecule has 0 unspecified atom stereocenters. The van der Waals surface area contributed by atoms with Crippen LogP contribution >= 0.6 is 0 Å². The molecule has 1 aromatic heterocycles. The summed E-state index contributed by atoms with van der Waals surface area (Å²) in [5.41, 5.74) is 7.68. The fourth-order valence-corrected chi connectivity index (χ4v) is 1.86. The molecule has 17 heavy (non-hydrogen) atoms. The molecule has 0 fully saturated rings. The summed E-state index contributed by atoms with van der Waals surface area (Å²) < 4.78 is 2.03. The summed E-state index contributed by atoms with van der Waals surface area (Å²) >= 11 is 0. The highest BCUT2D eigenvalue weighted by molar-refractivity contribution is 5.76. The summed E-state index contributed by atoms with van der Waals surface area (Å²) in [4.78, 5) is 2.28. The Morgan fingerprint density at radius 1 is 1.53 bits per heavy atom. The van der Waals surface area contributed by atoms with E-state index >= 15 is 0 Å². The van der Waals surface area contributed by atoms with Gasteiger partial charge >= 0.3 is 0 Å². The third-order valence-electron chi connectivity index (χ3n) is 2.82. The lowest BCUT2D eigenvalue weighted by Crippen LogP contribution is -2.28. The molecule has 5 heteroatoms. The number of amidine groups is 1. The van der Waals surface area contributed by atoms with E-state index in [0.29, 0.717) is 6.42 Å². The molecule has 1 rings (SSSR count). The van der Waals surface area contributed by atoms with Gasteiger partial charge in [-0.15, -0.1) is 0 Å². The minimum atomic E-state index is 0.253. The molecule has 0 saturated heterocycles. The van der Waals surface area contributed by atoms with Crippen LogP contribution in [0.3, 0.4) is 0 Å². The van der Waals surface area contributed by atoms with Crippen molar-refractivity contribution < 1.29 is 0 Å². The van der Waals surface area contributed by atoms with E-state index in [9.17, 15) is 0 Å². The average Bonchev–Trinajstić information content (AvgIpc) is 2.64. The molecule has 0 radical (unpaired) electrons. The zero-order valence-corrected chi connectivity index (χ0v) is 11.0. The SMILES string of the molecule is CCN(CCC(=N)N)Cc1cc(C)nn1CC. The predicted molar refractivity (Wildman–Crippen MR) is 70.1 cm³/mol. The van der Waals surface area contributed by atoms with Crippen molar-refractivity contribution in [3.63, 3.8) is 0 Å². The van der Waals surface area contributed by atoms with Crippen molar-refractivity contribution in [1.82, 2.24) is 14.7 Å². The molecule has 0 atom stereocenters. The zero-order valence-electron chi connectivity index (χ0n) is 11.0. The van der Waals surface area contributed by atoms with Gasteiger partial charge in [0.05, 0.1) is 17.2 Å². The molecular weight excluding hydrogens is 214 g/mol. The Morgan fingerprint density at radius 2 is 2.24 bits per heavy atom. The van der Waals surface area contributed by atoms with Crippen molar-refractivity contribution >= 4 is 5.84 Å². The third kappa shape index (κ3) is 4.19. The van der Waals surface area contributed by atoms with Gasteiger partial charge in [-0.1, -0.05) is 6.92 Å². The van der Waals surface area contributed by atoms with Gasteiger partial charge in [0.15, 0.2) is 0 Å². The number of rotatable bonds is 7. The predicted octanol–water partition coefficient (Wildman–Crippen LogP) is 1.36. The van der Waals surface area contributed by atoms with E-state index in [1.54, 1.807) is 0 Å². The topological polar surface area (TPSA) is 70.9 Å². The largest absolute Gasteiger partial charge is 0.388 e. The summed E-state index contributed by atoms with van der Waals surface area (Å²) in [7, 11) is 0. The summed E-state index contributed by atoms with van der Waals surface area (Å²) in [5.74, 6) is 0.253. The van der Waals surface area contributed by atoms with Gasteiger partial charge in [0.2, 0.25) is 0 Å². The maximum atomic E-state index is 7.26. The smallest absolute Gasteiger partial charge is 0.0918 e. The molecule has 5 nitrogen and oxygen atoms in total. The molecule has 0 spiro atoms. The van der Waals surface area contributed by atoms with Crippen LogP contribution in [0.2, 0.25) is 0 Å². The fraction of sp³-hybridized carbons (Fsp3) is 0.667. The molecule has 3 N–H and O–H groups in total. The highest BCUT2D eigenvalue weighted by Gasteiger charge is 2.09. The minimum absolute atomic E-state index is 0.253.